The van der Waals surface area contributed by atoms with Gasteiger partial charge in [0.2, 0.25) is 5.91 Å². The first kappa shape index (κ1) is 14.3. The van der Waals surface area contributed by atoms with Gasteiger partial charge < -0.3 is 5.73 Å². The Kier molecular flexibility index (Phi) is 6.92. The van der Waals surface area contributed by atoms with Crippen LogP contribution in [0.25, 0.3) is 0 Å². The number of rotatable bonds is 1. The first-order valence-corrected chi connectivity index (χ1v) is 3.04. The van der Waals surface area contributed by atoms with E-state index in [1.54, 1.807) is 18.2 Å². The Morgan fingerprint density at radius 3 is 2.46 bits per heavy atom. The van der Waals surface area contributed by atoms with Crippen LogP contribution in [0.15, 0.2) is 24.3 Å². The molecule has 3 nitrogen and oxygen atoms in total. The fraction of sp³-hybridized carbons (Fsp3) is 0. The van der Waals surface area contributed by atoms with E-state index in [9.17, 15) is 4.79 Å². The largest absolute Gasteiger partial charge is 0.366 e. The van der Waals surface area contributed by atoms with Gasteiger partial charge in [-0.15, -0.1) is 24.8 Å². The van der Waals surface area contributed by atoms with E-state index in [4.69, 9.17) is 11.0 Å². The third-order valence-electron chi connectivity index (χ3n) is 1.28. The zero-order chi connectivity index (χ0) is 8.27. The van der Waals surface area contributed by atoms with Crippen LogP contribution < -0.4 is 5.73 Å². The number of benzene rings is 1. The Morgan fingerprint density at radius 1 is 1.38 bits per heavy atom. The second-order valence-corrected chi connectivity index (χ2v) is 2.06. The highest BCUT2D eigenvalue weighted by Gasteiger charge is 1.98. The summed E-state index contributed by atoms with van der Waals surface area (Å²) in [5.74, 6) is -0.512. The van der Waals surface area contributed by atoms with Crippen molar-refractivity contribution in [3.63, 3.8) is 0 Å². The Hall–Kier alpha value is -1.24. The number of amides is 1. The normalized spacial score (nSPS) is 7.31. The minimum Gasteiger partial charge on any atom is -0.366 e. The summed E-state index contributed by atoms with van der Waals surface area (Å²) in [5, 5.41) is 8.44. The molecule has 0 aromatic heterocycles. The van der Waals surface area contributed by atoms with E-state index in [1.165, 1.54) is 6.07 Å². The van der Waals surface area contributed by atoms with Crippen molar-refractivity contribution in [2.24, 2.45) is 5.73 Å². The molecule has 0 heterocycles. The lowest BCUT2D eigenvalue weighted by atomic mass is 10.1. The van der Waals surface area contributed by atoms with E-state index in [2.05, 4.69) is 0 Å². The molecule has 1 aromatic rings. The van der Waals surface area contributed by atoms with Gasteiger partial charge in [-0.1, -0.05) is 6.07 Å². The molecule has 0 saturated heterocycles. The maximum absolute atomic E-state index is 10.6. The van der Waals surface area contributed by atoms with Crippen LogP contribution in [0, 0.1) is 11.3 Å². The van der Waals surface area contributed by atoms with E-state index in [1.807, 2.05) is 6.07 Å². The standard InChI is InChI=1S/C8H6N2O.2ClH/c9-5-6-2-1-3-7(4-6)8(10)11;;/h1-4H,(H2,10,11);2*1H. The monoisotopic (exact) mass is 218 g/mol. The number of nitriles is 1. The molecule has 0 spiro atoms. The fourth-order valence-corrected chi connectivity index (χ4v) is 0.742. The molecule has 0 unspecified atom stereocenters. The molecular formula is C8H8Cl2N2O. The molecule has 1 aromatic carbocycles. The molecule has 5 heteroatoms. The first-order chi connectivity index (χ1) is 5.24. The summed E-state index contributed by atoms with van der Waals surface area (Å²) >= 11 is 0. The van der Waals surface area contributed by atoms with Crippen molar-refractivity contribution in [3.8, 4) is 6.07 Å². The average Bonchev–Trinajstić information content (AvgIpc) is 2.05. The number of halogens is 2. The number of carbonyl (C=O) groups excluding carboxylic acids is 1. The zero-order valence-electron chi connectivity index (χ0n) is 6.56. The molecule has 2 N–H and O–H groups in total. The summed E-state index contributed by atoms with van der Waals surface area (Å²) < 4.78 is 0. The summed E-state index contributed by atoms with van der Waals surface area (Å²) in [5.41, 5.74) is 5.80. The van der Waals surface area contributed by atoms with E-state index >= 15 is 0 Å². The van der Waals surface area contributed by atoms with Gasteiger partial charge in [-0.25, -0.2) is 0 Å². The van der Waals surface area contributed by atoms with Gasteiger partial charge in [0, 0.05) is 5.56 Å². The minimum atomic E-state index is -0.512. The Bertz CT molecular complexity index is 333. The second kappa shape index (κ2) is 6.30. The summed E-state index contributed by atoms with van der Waals surface area (Å²) in [6.07, 6.45) is 0. The number of hydrogen-bond donors (Lipinski definition) is 1. The molecule has 0 aliphatic carbocycles. The SMILES string of the molecule is Cl.Cl.N#Cc1cccc(C(N)=O)c1. The average molecular weight is 219 g/mol. The molecule has 0 aliphatic heterocycles. The topological polar surface area (TPSA) is 66.9 Å². The smallest absolute Gasteiger partial charge is 0.248 e. The third-order valence-corrected chi connectivity index (χ3v) is 1.28. The van der Waals surface area contributed by atoms with Crippen molar-refractivity contribution < 1.29 is 4.79 Å². The highest BCUT2D eigenvalue weighted by molar-refractivity contribution is 5.93. The highest BCUT2D eigenvalue weighted by atomic mass is 35.5. The number of primary amides is 1. The molecule has 70 valence electrons. The van der Waals surface area contributed by atoms with Gasteiger partial charge in [0.05, 0.1) is 11.6 Å². The van der Waals surface area contributed by atoms with Gasteiger partial charge in [-0.3, -0.25) is 4.79 Å². The van der Waals surface area contributed by atoms with E-state index < -0.39 is 5.91 Å². The van der Waals surface area contributed by atoms with Crippen LogP contribution in [0.5, 0.6) is 0 Å². The van der Waals surface area contributed by atoms with E-state index in [-0.39, 0.29) is 24.8 Å². The van der Waals surface area contributed by atoms with E-state index in [0.717, 1.165) is 0 Å². The molecule has 1 rings (SSSR count). The van der Waals surface area contributed by atoms with Crippen LogP contribution in [-0.4, -0.2) is 5.91 Å². The molecule has 0 radical (unpaired) electrons. The predicted molar refractivity (Wildman–Crippen MR) is 54.2 cm³/mol. The van der Waals surface area contributed by atoms with Crippen molar-refractivity contribution in [1.29, 1.82) is 5.26 Å². The van der Waals surface area contributed by atoms with Crippen molar-refractivity contribution in [1.82, 2.24) is 0 Å². The molecule has 0 bridgehead atoms. The Labute approximate surface area is 88.4 Å². The first-order valence-electron chi connectivity index (χ1n) is 3.04. The van der Waals surface area contributed by atoms with Gasteiger partial charge in [-0.05, 0) is 18.2 Å². The lowest BCUT2D eigenvalue weighted by Crippen LogP contribution is -2.10. The van der Waals surface area contributed by atoms with Crippen molar-refractivity contribution in [2.45, 2.75) is 0 Å². The van der Waals surface area contributed by atoms with Crippen molar-refractivity contribution in [2.75, 3.05) is 0 Å². The summed E-state index contributed by atoms with van der Waals surface area (Å²) in [7, 11) is 0. The van der Waals surface area contributed by atoms with Gasteiger partial charge in [0.1, 0.15) is 0 Å². The lowest BCUT2D eigenvalue weighted by molar-refractivity contribution is 0.100. The second-order valence-electron chi connectivity index (χ2n) is 2.06. The maximum atomic E-state index is 10.6. The maximum Gasteiger partial charge on any atom is 0.248 e. The van der Waals surface area contributed by atoms with E-state index in [0.29, 0.717) is 11.1 Å². The number of hydrogen-bond acceptors (Lipinski definition) is 2. The quantitative estimate of drug-likeness (QED) is 0.777. The molecule has 0 aliphatic rings. The van der Waals surface area contributed by atoms with Crippen molar-refractivity contribution in [3.05, 3.63) is 35.4 Å². The van der Waals surface area contributed by atoms with Crippen LogP contribution in [0.2, 0.25) is 0 Å². The van der Waals surface area contributed by atoms with Crippen molar-refractivity contribution >= 4 is 30.7 Å². The van der Waals surface area contributed by atoms with Gasteiger partial charge in [0.15, 0.2) is 0 Å². The minimum absolute atomic E-state index is 0. The molecule has 0 atom stereocenters. The van der Waals surface area contributed by atoms with Crippen LogP contribution in [-0.2, 0) is 0 Å². The lowest BCUT2D eigenvalue weighted by Gasteiger charge is -1.93. The molecule has 0 saturated carbocycles. The number of nitrogens with zero attached hydrogens (tertiary/aromatic N) is 1. The number of carbonyl (C=O) groups is 1. The van der Waals surface area contributed by atoms with Crippen LogP contribution in [0.3, 0.4) is 0 Å². The van der Waals surface area contributed by atoms with Gasteiger partial charge in [-0.2, -0.15) is 5.26 Å². The molecule has 0 fully saturated rings. The molecular weight excluding hydrogens is 211 g/mol. The fourth-order valence-electron chi connectivity index (χ4n) is 0.742. The van der Waals surface area contributed by atoms with Gasteiger partial charge >= 0.3 is 0 Å². The summed E-state index contributed by atoms with van der Waals surface area (Å²) in [4.78, 5) is 10.6. The third kappa shape index (κ3) is 3.79. The summed E-state index contributed by atoms with van der Waals surface area (Å²) in [6.45, 7) is 0. The number of nitrogens with two attached hydrogens (primary N) is 1. The summed E-state index contributed by atoms with van der Waals surface area (Å²) in [6, 6.07) is 8.19. The molecule has 13 heavy (non-hydrogen) atoms. The zero-order valence-corrected chi connectivity index (χ0v) is 8.19. The molecule has 1 amide bonds. The Balaban J connectivity index is 0. The van der Waals surface area contributed by atoms with Gasteiger partial charge in [0.25, 0.3) is 0 Å². The van der Waals surface area contributed by atoms with Crippen LogP contribution >= 0.6 is 24.8 Å². The van der Waals surface area contributed by atoms with Crippen LogP contribution in [0.1, 0.15) is 15.9 Å². The predicted octanol–water partition coefficient (Wildman–Crippen LogP) is 1.50. The highest BCUT2D eigenvalue weighted by Crippen LogP contribution is 2.02. The Morgan fingerprint density at radius 2 is 2.00 bits per heavy atom. The van der Waals surface area contributed by atoms with Crippen LogP contribution in [0.4, 0.5) is 0 Å².